The molecule has 5 nitrogen and oxygen atoms in total. The molecule has 1 saturated carbocycles. The van der Waals surface area contributed by atoms with Crippen LogP contribution in [0.3, 0.4) is 0 Å². The van der Waals surface area contributed by atoms with Gasteiger partial charge in [-0.1, -0.05) is 44.0 Å². The van der Waals surface area contributed by atoms with Crippen LogP contribution in [0.5, 0.6) is 11.5 Å². The van der Waals surface area contributed by atoms with Gasteiger partial charge in [0.15, 0.2) is 0 Å². The van der Waals surface area contributed by atoms with E-state index < -0.39 is 5.97 Å². The Balaban J connectivity index is 1.71. The predicted molar refractivity (Wildman–Crippen MR) is 116 cm³/mol. The van der Waals surface area contributed by atoms with Crippen LogP contribution >= 0.6 is 15.9 Å². The van der Waals surface area contributed by atoms with E-state index in [1.54, 1.807) is 24.3 Å². The maximum absolute atomic E-state index is 12.6. The van der Waals surface area contributed by atoms with Crippen molar-refractivity contribution in [3.05, 3.63) is 64.3 Å². The van der Waals surface area contributed by atoms with Gasteiger partial charge < -0.3 is 15.2 Å². The van der Waals surface area contributed by atoms with E-state index in [4.69, 9.17) is 4.74 Å². The fourth-order valence-corrected chi connectivity index (χ4v) is 3.90. The molecule has 0 heterocycles. The second-order valence-electron chi connectivity index (χ2n) is 7.32. The number of hydrogen-bond donors (Lipinski definition) is 2. The number of rotatable bonds is 6. The van der Waals surface area contributed by atoms with Crippen LogP contribution < -0.4 is 10.1 Å². The van der Waals surface area contributed by atoms with Crippen molar-refractivity contribution in [2.45, 2.75) is 32.6 Å². The van der Waals surface area contributed by atoms with Gasteiger partial charge in [-0.2, -0.15) is 0 Å². The Bertz CT molecular complexity index is 907. The molecule has 152 valence electrons. The van der Waals surface area contributed by atoms with Crippen LogP contribution in [0.4, 0.5) is 0 Å². The molecule has 0 radical (unpaired) electrons. The van der Waals surface area contributed by atoms with E-state index in [2.05, 4.69) is 28.2 Å². The summed E-state index contributed by atoms with van der Waals surface area (Å²) in [6.45, 7) is 2.05. The third-order valence-corrected chi connectivity index (χ3v) is 5.85. The predicted octanol–water partition coefficient (Wildman–Crippen LogP) is 5.61. The summed E-state index contributed by atoms with van der Waals surface area (Å²) in [5.74, 6) is 0.0936. The normalized spacial score (nSPS) is 19.4. The summed E-state index contributed by atoms with van der Waals surface area (Å²) < 4.78 is 6.66. The van der Waals surface area contributed by atoms with Crippen molar-refractivity contribution in [1.29, 1.82) is 0 Å². The molecule has 0 aromatic heterocycles. The van der Waals surface area contributed by atoms with Crippen LogP contribution in [0.2, 0.25) is 0 Å². The van der Waals surface area contributed by atoms with Crippen molar-refractivity contribution >= 4 is 33.9 Å². The van der Waals surface area contributed by atoms with Crippen molar-refractivity contribution in [2.24, 2.45) is 11.8 Å². The maximum atomic E-state index is 12.6. The quantitative estimate of drug-likeness (QED) is 0.552. The van der Waals surface area contributed by atoms with Crippen molar-refractivity contribution in [2.75, 3.05) is 0 Å². The van der Waals surface area contributed by atoms with Crippen LogP contribution in [0, 0.1) is 11.8 Å². The number of amides is 1. The molecule has 1 aliphatic carbocycles. The summed E-state index contributed by atoms with van der Waals surface area (Å²) in [7, 11) is 0. The van der Waals surface area contributed by atoms with Gasteiger partial charge in [-0.15, -0.1) is 0 Å². The Morgan fingerprint density at radius 2 is 1.79 bits per heavy atom. The summed E-state index contributed by atoms with van der Waals surface area (Å²) in [4.78, 5) is 24.2. The number of carboxylic acid groups (broad SMARTS) is 1. The monoisotopic (exact) mass is 457 g/mol. The van der Waals surface area contributed by atoms with Gasteiger partial charge in [-0.05, 0) is 70.6 Å². The summed E-state index contributed by atoms with van der Waals surface area (Å²) in [6.07, 6.45) is 5.41. The molecule has 0 bridgehead atoms. The molecule has 2 atom stereocenters. The van der Waals surface area contributed by atoms with E-state index in [0.717, 1.165) is 30.2 Å². The molecule has 0 aliphatic heterocycles. The SMILES string of the molecule is CC1CCCCC1C(=O)N/C(=C/c1ccc(Oc2ccccc2Br)cc1)C(=O)O. The number of carbonyl (C=O) groups is 2. The zero-order valence-corrected chi connectivity index (χ0v) is 17.8. The van der Waals surface area contributed by atoms with Crippen LogP contribution in [0.15, 0.2) is 58.7 Å². The molecule has 29 heavy (non-hydrogen) atoms. The standard InChI is InChI=1S/C23H24BrNO4/c1-15-6-2-3-7-18(15)22(26)25-20(23(27)28)14-16-10-12-17(13-11-16)29-21-9-5-4-8-19(21)24/h4-5,8-15,18H,2-3,6-7H2,1H3,(H,25,26)(H,27,28)/b20-14+. The van der Waals surface area contributed by atoms with Crippen LogP contribution in [0.1, 0.15) is 38.2 Å². The molecule has 3 rings (SSSR count). The van der Waals surface area contributed by atoms with Gasteiger partial charge in [0.25, 0.3) is 0 Å². The van der Waals surface area contributed by atoms with Gasteiger partial charge in [0, 0.05) is 5.92 Å². The van der Waals surface area contributed by atoms with E-state index in [1.165, 1.54) is 6.08 Å². The lowest BCUT2D eigenvalue weighted by Crippen LogP contribution is -2.37. The molecular formula is C23H24BrNO4. The van der Waals surface area contributed by atoms with Gasteiger partial charge in [-0.3, -0.25) is 4.79 Å². The zero-order chi connectivity index (χ0) is 20.8. The molecule has 2 N–H and O–H groups in total. The van der Waals surface area contributed by atoms with Gasteiger partial charge >= 0.3 is 5.97 Å². The fraction of sp³-hybridized carbons (Fsp3) is 0.304. The number of halogens is 1. The van der Waals surface area contributed by atoms with Gasteiger partial charge in [-0.25, -0.2) is 4.79 Å². The van der Waals surface area contributed by atoms with E-state index in [-0.39, 0.29) is 23.4 Å². The Morgan fingerprint density at radius 1 is 1.10 bits per heavy atom. The highest BCUT2D eigenvalue weighted by Gasteiger charge is 2.28. The molecule has 2 aromatic rings. The second-order valence-corrected chi connectivity index (χ2v) is 8.18. The highest BCUT2D eigenvalue weighted by molar-refractivity contribution is 9.10. The van der Waals surface area contributed by atoms with Crippen molar-refractivity contribution in [1.82, 2.24) is 5.32 Å². The topological polar surface area (TPSA) is 75.6 Å². The average molecular weight is 458 g/mol. The van der Waals surface area contributed by atoms with E-state index in [9.17, 15) is 14.7 Å². The number of carbonyl (C=O) groups excluding carboxylic acids is 1. The summed E-state index contributed by atoms with van der Waals surface area (Å²) in [6, 6.07) is 14.6. The second kappa shape index (κ2) is 9.74. The molecule has 2 aromatic carbocycles. The molecular weight excluding hydrogens is 434 g/mol. The number of hydrogen-bond acceptors (Lipinski definition) is 3. The first-order valence-electron chi connectivity index (χ1n) is 9.72. The minimum absolute atomic E-state index is 0.118. The number of ether oxygens (including phenoxy) is 1. The minimum atomic E-state index is -1.16. The first-order valence-corrected chi connectivity index (χ1v) is 10.5. The summed E-state index contributed by atoms with van der Waals surface area (Å²) in [5, 5.41) is 12.1. The number of nitrogens with one attached hydrogen (secondary N) is 1. The van der Waals surface area contributed by atoms with Crippen LogP contribution in [-0.2, 0) is 9.59 Å². The van der Waals surface area contributed by atoms with E-state index in [1.807, 2.05) is 24.3 Å². The van der Waals surface area contributed by atoms with E-state index in [0.29, 0.717) is 17.1 Å². The van der Waals surface area contributed by atoms with Crippen LogP contribution in [0.25, 0.3) is 6.08 Å². The number of para-hydroxylation sites is 1. The number of carboxylic acids is 1. The first-order chi connectivity index (χ1) is 13.9. The largest absolute Gasteiger partial charge is 0.477 e. The molecule has 1 fully saturated rings. The smallest absolute Gasteiger partial charge is 0.352 e. The van der Waals surface area contributed by atoms with Crippen molar-refractivity contribution < 1.29 is 19.4 Å². The highest BCUT2D eigenvalue weighted by atomic mass is 79.9. The minimum Gasteiger partial charge on any atom is -0.477 e. The zero-order valence-electron chi connectivity index (χ0n) is 16.2. The molecule has 2 unspecified atom stereocenters. The Labute approximate surface area is 178 Å². The number of benzene rings is 2. The molecule has 1 aliphatic rings. The lowest BCUT2D eigenvalue weighted by molar-refractivity contribution is -0.135. The molecule has 0 spiro atoms. The lowest BCUT2D eigenvalue weighted by Gasteiger charge is -2.27. The lowest BCUT2D eigenvalue weighted by atomic mass is 9.80. The Hall–Kier alpha value is -2.60. The van der Waals surface area contributed by atoms with Crippen molar-refractivity contribution in [3.63, 3.8) is 0 Å². The molecule has 6 heteroatoms. The van der Waals surface area contributed by atoms with Crippen LogP contribution in [-0.4, -0.2) is 17.0 Å². The van der Waals surface area contributed by atoms with Gasteiger partial charge in [0.1, 0.15) is 17.2 Å². The third kappa shape index (κ3) is 5.70. The summed E-state index contributed by atoms with van der Waals surface area (Å²) in [5.41, 5.74) is 0.547. The first kappa shape index (κ1) is 21.1. The third-order valence-electron chi connectivity index (χ3n) is 5.19. The van der Waals surface area contributed by atoms with Crippen molar-refractivity contribution in [3.8, 4) is 11.5 Å². The highest BCUT2D eigenvalue weighted by Crippen LogP contribution is 2.31. The van der Waals surface area contributed by atoms with Gasteiger partial charge in [0.2, 0.25) is 5.91 Å². The average Bonchev–Trinajstić information content (AvgIpc) is 2.70. The Morgan fingerprint density at radius 3 is 2.45 bits per heavy atom. The molecule has 0 saturated heterocycles. The van der Waals surface area contributed by atoms with E-state index >= 15 is 0 Å². The number of aliphatic carboxylic acids is 1. The van der Waals surface area contributed by atoms with Gasteiger partial charge in [0.05, 0.1) is 4.47 Å². The fourth-order valence-electron chi connectivity index (χ4n) is 3.54. The Kier molecular flexibility index (Phi) is 7.09. The molecule has 1 amide bonds. The maximum Gasteiger partial charge on any atom is 0.352 e. The summed E-state index contributed by atoms with van der Waals surface area (Å²) >= 11 is 3.44.